The molecule has 1 aromatic carbocycles. The van der Waals surface area contributed by atoms with Crippen LogP contribution in [-0.4, -0.2) is 40.5 Å². The number of nitrogens with zero attached hydrogens (tertiary/aromatic N) is 2. The summed E-state index contributed by atoms with van der Waals surface area (Å²) < 4.78 is 26.8. The highest BCUT2D eigenvalue weighted by molar-refractivity contribution is 5.92. The Morgan fingerprint density at radius 1 is 1.16 bits per heavy atom. The lowest BCUT2D eigenvalue weighted by Crippen LogP contribution is -2.58. The van der Waals surface area contributed by atoms with Crippen molar-refractivity contribution in [2.45, 2.75) is 44.6 Å². The average molecular weight is 428 g/mol. The van der Waals surface area contributed by atoms with Gasteiger partial charge in [-0.2, -0.15) is 0 Å². The number of hydrogen-bond donors (Lipinski definition) is 2. The molecule has 2 aromatic rings. The predicted molar refractivity (Wildman–Crippen MR) is 113 cm³/mol. The first-order chi connectivity index (χ1) is 14.8. The second kappa shape index (κ2) is 8.61. The Morgan fingerprint density at radius 3 is 2.48 bits per heavy atom. The SMILES string of the molecule is CC1(N2CCCNC2=O)CCC(C(=O)Nc2ccc(-c3cc(F)cc(F)c3)cn2)CC1. The number of nitrogens with one attached hydrogen (secondary N) is 2. The third kappa shape index (κ3) is 4.68. The zero-order valence-corrected chi connectivity index (χ0v) is 17.5. The molecule has 0 spiro atoms. The Balaban J connectivity index is 1.35. The van der Waals surface area contributed by atoms with Crippen LogP contribution in [0.4, 0.5) is 19.4 Å². The highest BCUT2D eigenvalue weighted by atomic mass is 19.1. The smallest absolute Gasteiger partial charge is 0.317 e. The van der Waals surface area contributed by atoms with Crippen LogP contribution in [-0.2, 0) is 4.79 Å². The number of aromatic nitrogens is 1. The first-order valence-corrected chi connectivity index (χ1v) is 10.6. The molecule has 1 saturated carbocycles. The molecule has 4 rings (SSSR count). The molecule has 2 fully saturated rings. The number of urea groups is 1. The highest BCUT2D eigenvalue weighted by Gasteiger charge is 2.41. The van der Waals surface area contributed by atoms with Gasteiger partial charge in [-0.3, -0.25) is 4.79 Å². The quantitative estimate of drug-likeness (QED) is 0.761. The van der Waals surface area contributed by atoms with Gasteiger partial charge in [0.15, 0.2) is 0 Å². The monoisotopic (exact) mass is 428 g/mol. The summed E-state index contributed by atoms with van der Waals surface area (Å²) in [7, 11) is 0. The summed E-state index contributed by atoms with van der Waals surface area (Å²) in [6.45, 7) is 3.57. The maximum absolute atomic E-state index is 13.4. The number of pyridine rings is 1. The lowest BCUT2D eigenvalue weighted by molar-refractivity contribution is -0.121. The molecule has 3 amide bonds. The van der Waals surface area contributed by atoms with Crippen molar-refractivity contribution < 1.29 is 18.4 Å². The van der Waals surface area contributed by atoms with Crippen molar-refractivity contribution in [2.24, 2.45) is 5.92 Å². The maximum Gasteiger partial charge on any atom is 0.317 e. The summed E-state index contributed by atoms with van der Waals surface area (Å²) in [5, 5.41) is 5.74. The molecule has 31 heavy (non-hydrogen) atoms. The van der Waals surface area contributed by atoms with Gasteiger partial charge in [-0.05, 0) is 68.9 Å². The van der Waals surface area contributed by atoms with Crippen molar-refractivity contribution in [3.63, 3.8) is 0 Å². The molecule has 164 valence electrons. The summed E-state index contributed by atoms with van der Waals surface area (Å²) in [6.07, 6.45) is 5.37. The van der Waals surface area contributed by atoms with Crippen LogP contribution in [0.5, 0.6) is 0 Å². The van der Waals surface area contributed by atoms with Crippen LogP contribution >= 0.6 is 0 Å². The Kier molecular flexibility index (Phi) is 5.89. The number of anilines is 1. The summed E-state index contributed by atoms with van der Waals surface area (Å²) in [5.74, 6) is -1.14. The maximum atomic E-state index is 13.4. The van der Waals surface area contributed by atoms with Crippen molar-refractivity contribution in [3.8, 4) is 11.1 Å². The molecular formula is C23H26F2N4O2. The number of carbonyl (C=O) groups is 2. The first-order valence-electron chi connectivity index (χ1n) is 10.6. The van der Waals surface area contributed by atoms with Crippen molar-refractivity contribution in [2.75, 3.05) is 18.4 Å². The molecule has 0 unspecified atom stereocenters. The van der Waals surface area contributed by atoms with Gasteiger partial charge in [0.2, 0.25) is 5.91 Å². The number of rotatable bonds is 4. The van der Waals surface area contributed by atoms with E-state index in [2.05, 4.69) is 22.5 Å². The van der Waals surface area contributed by atoms with E-state index in [9.17, 15) is 18.4 Å². The van der Waals surface area contributed by atoms with Crippen LogP contribution in [0.2, 0.25) is 0 Å². The third-order valence-corrected chi connectivity index (χ3v) is 6.38. The van der Waals surface area contributed by atoms with E-state index >= 15 is 0 Å². The molecule has 0 radical (unpaired) electrons. The zero-order valence-electron chi connectivity index (χ0n) is 17.5. The minimum absolute atomic E-state index is 0.0147. The number of halogens is 2. The largest absolute Gasteiger partial charge is 0.338 e. The minimum Gasteiger partial charge on any atom is -0.338 e. The molecule has 8 heteroatoms. The fourth-order valence-corrected chi connectivity index (χ4v) is 4.50. The van der Waals surface area contributed by atoms with Crippen LogP contribution in [0.3, 0.4) is 0 Å². The Bertz CT molecular complexity index is 952. The van der Waals surface area contributed by atoms with Crippen molar-refractivity contribution in [3.05, 3.63) is 48.2 Å². The van der Waals surface area contributed by atoms with Gasteiger partial charge in [0.1, 0.15) is 17.5 Å². The minimum atomic E-state index is -0.654. The lowest BCUT2D eigenvalue weighted by atomic mass is 9.76. The van der Waals surface area contributed by atoms with Gasteiger partial charge in [-0.25, -0.2) is 18.6 Å². The van der Waals surface area contributed by atoms with Gasteiger partial charge in [-0.15, -0.1) is 0 Å². The Labute approximate surface area is 180 Å². The molecular weight excluding hydrogens is 402 g/mol. The van der Waals surface area contributed by atoms with Crippen LogP contribution in [0.1, 0.15) is 39.0 Å². The van der Waals surface area contributed by atoms with Crippen LogP contribution < -0.4 is 10.6 Å². The zero-order chi connectivity index (χ0) is 22.0. The van der Waals surface area contributed by atoms with Gasteiger partial charge in [-0.1, -0.05) is 0 Å². The van der Waals surface area contributed by atoms with Crippen molar-refractivity contribution in [1.82, 2.24) is 15.2 Å². The van der Waals surface area contributed by atoms with Crippen molar-refractivity contribution in [1.29, 1.82) is 0 Å². The molecule has 1 aliphatic carbocycles. The van der Waals surface area contributed by atoms with Gasteiger partial charge in [0.25, 0.3) is 0 Å². The molecule has 1 aromatic heterocycles. The first kappa shape index (κ1) is 21.2. The van der Waals surface area contributed by atoms with Crippen LogP contribution in [0, 0.1) is 17.6 Å². The highest BCUT2D eigenvalue weighted by Crippen LogP contribution is 2.37. The Hall–Kier alpha value is -3.03. The van der Waals surface area contributed by atoms with E-state index in [1.165, 1.54) is 18.3 Å². The molecule has 1 saturated heterocycles. The summed E-state index contributed by atoms with van der Waals surface area (Å²) in [6, 6.07) is 6.57. The van der Waals surface area contributed by atoms with E-state index in [1.807, 2.05) is 4.90 Å². The molecule has 6 nitrogen and oxygen atoms in total. The van der Waals surface area contributed by atoms with E-state index in [-0.39, 0.29) is 23.4 Å². The van der Waals surface area contributed by atoms with E-state index < -0.39 is 11.6 Å². The molecule has 0 bridgehead atoms. The Morgan fingerprint density at radius 2 is 1.87 bits per heavy atom. The summed E-state index contributed by atoms with van der Waals surface area (Å²) in [4.78, 5) is 31.1. The number of hydrogen-bond acceptors (Lipinski definition) is 3. The van der Waals surface area contributed by atoms with Crippen LogP contribution in [0.25, 0.3) is 11.1 Å². The fraction of sp³-hybridized carbons (Fsp3) is 0.435. The summed E-state index contributed by atoms with van der Waals surface area (Å²) in [5.41, 5.74) is 0.724. The van der Waals surface area contributed by atoms with Gasteiger partial charge >= 0.3 is 6.03 Å². The fourth-order valence-electron chi connectivity index (χ4n) is 4.50. The van der Waals surface area contributed by atoms with E-state index in [0.29, 0.717) is 29.8 Å². The normalized spacial score (nSPS) is 23.9. The van der Waals surface area contributed by atoms with Gasteiger partial charge in [0, 0.05) is 42.4 Å². The van der Waals surface area contributed by atoms with Crippen LogP contribution in [0.15, 0.2) is 36.5 Å². The molecule has 1 aliphatic heterocycles. The molecule has 2 aliphatic rings. The lowest BCUT2D eigenvalue weighted by Gasteiger charge is -2.47. The predicted octanol–water partition coefficient (Wildman–Crippen LogP) is 4.33. The van der Waals surface area contributed by atoms with E-state index in [1.54, 1.807) is 12.1 Å². The van der Waals surface area contributed by atoms with Crippen molar-refractivity contribution >= 4 is 17.8 Å². The topological polar surface area (TPSA) is 74.3 Å². The van der Waals surface area contributed by atoms with Gasteiger partial charge in [0.05, 0.1) is 0 Å². The second-order valence-electron chi connectivity index (χ2n) is 8.59. The molecule has 2 N–H and O–H groups in total. The number of carbonyl (C=O) groups excluding carboxylic acids is 2. The number of amides is 3. The third-order valence-electron chi connectivity index (χ3n) is 6.38. The number of benzene rings is 1. The van der Waals surface area contributed by atoms with E-state index in [4.69, 9.17) is 0 Å². The van der Waals surface area contributed by atoms with Gasteiger partial charge < -0.3 is 15.5 Å². The standard InChI is InChI=1S/C23H26F2N4O2/c1-23(29-10-2-9-26-22(29)31)7-5-15(6-8-23)21(30)28-20-4-3-16(14-27-20)17-11-18(24)13-19(25)12-17/h3-4,11-15H,2,5-10H2,1H3,(H,26,31)(H,27,28,30). The van der Waals surface area contributed by atoms with E-state index in [0.717, 1.165) is 38.4 Å². The summed E-state index contributed by atoms with van der Waals surface area (Å²) >= 11 is 0. The average Bonchev–Trinajstić information content (AvgIpc) is 2.74. The second-order valence-corrected chi connectivity index (χ2v) is 8.59. The molecule has 0 atom stereocenters. The molecule has 2 heterocycles.